The van der Waals surface area contributed by atoms with Gasteiger partial charge in [-0.05, 0) is 30.5 Å². The molecular weight excluding hydrogens is 290 g/mol. The van der Waals surface area contributed by atoms with Crippen LogP contribution in [0.15, 0.2) is 36.9 Å². The van der Waals surface area contributed by atoms with Crippen LogP contribution in [0.4, 0.5) is 5.95 Å². The molecule has 0 atom stereocenters. The SMILES string of the molecule is CCCCNC(=O)c1cnc(N(C)CCc2ccncc2)nc1. The number of nitrogens with one attached hydrogen (secondary N) is 1. The molecule has 122 valence electrons. The molecule has 0 saturated heterocycles. The number of amides is 1. The zero-order valence-corrected chi connectivity index (χ0v) is 13.7. The summed E-state index contributed by atoms with van der Waals surface area (Å²) in [6, 6.07) is 4.00. The van der Waals surface area contributed by atoms with Gasteiger partial charge in [0, 0.05) is 44.9 Å². The third-order valence-electron chi connectivity index (χ3n) is 3.54. The van der Waals surface area contributed by atoms with Gasteiger partial charge in [0.2, 0.25) is 5.95 Å². The van der Waals surface area contributed by atoms with Crippen LogP contribution >= 0.6 is 0 Å². The molecule has 2 heterocycles. The van der Waals surface area contributed by atoms with Gasteiger partial charge in [-0.25, -0.2) is 9.97 Å². The fourth-order valence-corrected chi connectivity index (χ4v) is 2.06. The Hall–Kier alpha value is -2.50. The Balaban J connectivity index is 1.87. The van der Waals surface area contributed by atoms with Crippen LogP contribution in [0, 0.1) is 0 Å². The molecular formula is C17H23N5O. The lowest BCUT2D eigenvalue weighted by molar-refractivity contribution is 0.0952. The molecule has 23 heavy (non-hydrogen) atoms. The zero-order chi connectivity index (χ0) is 16.5. The van der Waals surface area contributed by atoms with Gasteiger partial charge < -0.3 is 10.2 Å². The van der Waals surface area contributed by atoms with Gasteiger partial charge in [-0.1, -0.05) is 13.3 Å². The van der Waals surface area contributed by atoms with Crippen LogP contribution in [0.3, 0.4) is 0 Å². The predicted octanol–water partition coefficient (Wildman–Crippen LogP) is 2.08. The standard InChI is InChI=1S/C17H23N5O/c1-3-4-8-19-16(23)15-12-20-17(21-13-15)22(2)11-7-14-5-9-18-10-6-14/h5-6,9-10,12-13H,3-4,7-8,11H2,1-2H3,(H,19,23). The Bertz CT molecular complexity index is 600. The fraction of sp³-hybridized carbons (Fsp3) is 0.412. The van der Waals surface area contributed by atoms with Crippen LogP contribution in [-0.2, 0) is 6.42 Å². The molecule has 0 aliphatic heterocycles. The highest BCUT2D eigenvalue weighted by atomic mass is 16.1. The summed E-state index contributed by atoms with van der Waals surface area (Å²) in [4.78, 5) is 26.4. The number of hydrogen-bond donors (Lipinski definition) is 1. The Kier molecular flexibility index (Phi) is 6.47. The molecule has 1 N–H and O–H groups in total. The normalized spacial score (nSPS) is 10.3. The minimum atomic E-state index is -0.121. The molecule has 0 aliphatic carbocycles. The molecule has 6 heteroatoms. The van der Waals surface area contributed by atoms with Crippen molar-refractivity contribution in [3.63, 3.8) is 0 Å². The van der Waals surface area contributed by atoms with E-state index in [2.05, 4.69) is 27.2 Å². The van der Waals surface area contributed by atoms with Crippen molar-refractivity contribution in [2.75, 3.05) is 25.0 Å². The maximum atomic E-state index is 11.9. The van der Waals surface area contributed by atoms with Crippen LogP contribution in [0.2, 0.25) is 0 Å². The van der Waals surface area contributed by atoms with E-state index in [-0.39, 0.29) is 5.91 Å². The lowest BCUT2D eigenvalue weighted by Crippen LogP contribution is -2.26. The van der Waals surface area contributed by atoms with Gasteiger partial charge >= 0.3 is 0 Å². The van der Waals surface area contributed by atoms with Crippen LogP contribution < -0.4 is 10.2 Å². The van der Waals surface area contributed by atoms with Crippen LogP contribution in [0.1, 0.15) is 35.7 Å². The van der Waals surface area contributed by atoms with E-state index >= 15 is 0 Å². The predicted molar refractivity (Wildman–Crippen MR) is 90.5 cm³/mol. The first-order chi connectivity index (χ1) is 11.2. The molecule has 0 unspecified atom stereocenters. The number of carbonyl (C=O) groups excluding carboxylic acids is 1. The van der Waals surface area contributed by atoms with Crippen LogP contribution in [-0.4, -0.2) is 41.0 Å². The van der Waals surface area contributed by atoms with Crippen molar-refractivity contribution in [2.24, 2.45) is 0 Å². The first-order valence-corrected chi connectivity index (χ1v) is 7.91. The first kappa shape index (κ1) is 16.9. The number of nitrogens with zero attached hydrogens (tertiary/aromatic N) is 4. The Morgan fingerprint density at radius 2 is 1.91 bits per heavy atom. The molecule has 2 rings (SSSR count). The third kappa shape index (κ3) is 5.32. The quantitative estimate of drug-likeness (QED) is 0.756. The first-order valence-electron chi connectivity index (χ1n) is 7.91. The Labute approximate surface area is 137 Å². The average molecular weight is 313 g/mol. The molecule has 0 bridgehead atoms. The second-order valence-electron chi connectivity index (χ2n) is 5.41. The molecule has 6 nitrogen and oxygen atoms in total. The summed E-state index contributed by atoms with van der Waals surface area (Å²) in [5, 5.41) is 2.86. The summed E-state index contributed by atoms with van der Waals surface area (Å²) < 4.78 is 0. The second-order valence-corrected chi connectivity index (χ2v) is 5.41. The largest absolute Gasteiger partial charge is 0.352 e. The van der Waals surface area contributed by atoms with Gasteiger partial charge in [-0.15, -0.1) is 0 Å². The van der Waals surface area contributed by atoms with Crippen molar-refractivity contribution in [1.29, 1.82) is 0 Å². The summed E-state index contributed by atoms with van der Waals surface area (Å²) >= 11 is 0. The average Bonchev–Trinajstić information content (AvgIpc) is 2.61. The smallest absolute Gasteiger partial charge is 0.254 e. The van der Waals surface area contributed by atoms with E-state index in [9.17, 15) is 4.79 Å². The van der Waals surface area contributed by atoms with Crippen molar-refractivity contribution in [3.8, 4) is 0 Å². The van der Waals surface area contributed by atoms with Crippen molar-refractivity contribution < 1.29 is 4.79 Å². The number of unbranched alkanes of at least 4 members (excludes halogenated alkanes) is 1. The lowest BCUT2D eigenvalue weighted by atomic mass is 10.2. The molecule has 0 radical (unpaired) electrons. The third-order valence-corrected chi connectivity index (χ3v) is 3.54. The zero-order valence-electron chi connectivity index (χ0n) is 13.7. The Morgan fingerprint density at radius 3 is 2.57 bits per heavy atom. The van der Waals surface area contributed by atoms with Gasteiger partial charge in [-0.3, -0.25) is 9.78 Å². The molecule has 0 aliphatic rings. The van der Waals surface area contributed by atoms with E-state index in [1.165, 1.54) is 5.56 Å². The number of carbonyl (C=O) groups is 1. The summed E-state index contributed by atoms with van der Waals surface area (Å²) in [6.45, 7) is 3.57. The molecule has 1 amide bonds. The number of pyridine rings is 1. The topological polar surface area (TPSA) is 71.0 Å². The summed E-state index contributed by atoms with van der Waals surface area (Å²) in [5.41, 5.74) is 1.71. The van der Waals surface area contributed by atoms with Gasteiger partial charge in [0.05, 0.1) is 5.56 Å². The molecule has 0 spiro atoms. The molecule has 2 aromatic heterocycles. The lowest BCUT2D eigenvalue weighted by Gasteiger charge is -2.16. The summed E-state index contributed by atoms with van der Waals surface area (Å²) in [6.07, 6.45) is 9.65. The van der Waals surface area contributed by atoms with Crippen molar-refractivity contribution in [3.05, 3.63) is 48.0 Å². The monoisotopic (exact) mass is 313 g/mol. The van der Waals surface area contributed by atoms with Crippen LogP contribution in [0.5, 0.6) is 0 Å². The van der Waals surface area contributed by atoms with Gasteiger partial charge in [0.15, 0.2) is 0 Å². The fourth-order valence-electron chi connectivity index (χ4n) is 2.06. The Morgan fingerprint density at radius 1 is 1.22 bits per heavy atom. The van der Waals surface area contributed by atoms with Crippen molar-refractivity contribution in [1.82, 2.24) is 20.3 Å². The molecule has 0 aromatic carbocycles. The van der Waals surface area contributed by atoms with Crippen molar-refractivity contribution in [2.45, 2.75) is 26.2 Å². The molecule has 0 fully saturated rings. The maximum Gasteiger partial charge on any atom is 0.254 e. The highest BCUT2D eigenvalue weighted by molar-refractivity contribution is 5.93. The highest BCUT2D eigenvalue weighted by Gasteiger charge is 2.09. The van der Waals surface area contributed by atoms with E-state index in [1.54, 1.807) is 24.8 Å². The number of rotatable bonds is 8. The number of anilines is 1. The summed E-state index contributed by atoms with van der Waals surface area (Å²) in [7, 11) is 1.94. The number of likely N-dealkylation sites (N-methyl/N-ethyl adjacent to an activating group) is 1. The molecule has 0 saturated carbocycles. The number of hydrogen-bond acceptors (Lipinski definition) is 5. The van der Waals surface area contributed by atoms with Crippen LogP contribution in [0.25, 0.3) is 0 Å². The van der Waals surface area contributed by atoms with Gasteiger partial charge in [-0.2, -0.15) is 0 Å². The van der Waals surface area contributed by atoms with E-state index < -0.39 is 0 Å². The minimum absolute atomic E-state index is 0.121. The molecule has 2 aromatic rings. The van der Waals surface area contributed by atoms with E-state index in [4.69, 9.17) is 0 Å². The maximum absolute atomic E-state index is 11.9. The van der Waals surface area contributed by atoms with Crippen molar-refractivity contribution >= 4 is 11.9 Å². The minimum Gasteiger partial charge on any atom is -0.352 e. The van der Waals surface area contributed by atoms with Gasteiger partial charge in [0.25, 0.3) is 5.91 Å². The van der Waals surface area contributed by atoms with E-state index in [1.807, 2.05) is 24.1 Å². The van der Waals surface area contributed by atoms with E-state index in [0.717, 1.165) is 25.8 Å². The highest BCUT2D eigenvalue weighted by Crippen LogP contribution is 2.07. The second kappa shape index (κ2) is 8.82. The van der Waals surface area contributed by atoms with E-state index in [0.29, 0.717) is 18.1 Å². The van der Waals surface area contributed by atoms with Gasteiger partial charge in [0.1, 0.15) is 0 Å². The summed E-state index contributed by atoms with van der Waals surface area (Å²) in [5.74, 6) is 0.494. The number of aromatic nitrogens is 3.